The standard InChI is InChI=1S/C17H35N5/c1-16-8-4-7-13-22(16)15-10-20-17(18-2)19-9-14-21-11-5-3-6-12-21/h16H,3-15H2,1-2H3,(H2,18,19,20). The Morgan fingerprint density at radius 2 is 1.64 bits per heavy atom. The van der Waals surface area contributed by atoms with E-state index in [-0.39, 0.29) is 0 Å². The first-order valence-electron chi connectivity index (χ1n) is 9.20. The third kappa shape index (κ3) is 6.13. The molecule has 1 atom stereocenters. The summed E-state index contributed by atoms with van der Waals surface area (Å²) in [5.41, 5.74) is 0. The maximum atomic E-state index is 4.33. The van der Waals surface area contributed by atoms with Gasteiger partial charge in [0.05, 0.1) is 0 Å². The molecule has 0 aromatic heterocycles. The molecule has 2 rings (SSSR count). The van der Waals surface area contributed by atoms with Crippen LogP contribution in [-0.4, -0.2) is 74.7 Å². The van der Waals surface area contributed by atoms with Gasteiger partial charge in [0.2, 0.25) is 0 Å². The molecular weight excluding hydrogens is 274 g/mol. The molecule has 2 N–H and O–H groups in total. The molecule has 5 heteroatoms. The summed E-state index contributed by atoms with van der Waals surface area (Å²) in [6, 6.07) is 0.740. The number of aliphatic imine (C=N–C) groups is 1. The molecule has 128 valence electrons. The second kappa shape index (κ2) is 10.1. The Bertz CT molecular complexity index is 325. The lowest BCUT2D eigenvalue weighted by molar-refractivity contribution is 0.163. The van der Waals surface area contributed by atoms with Crippen molar-refractivity contribution in [2.75, 3.05) is 52.9 Å². The zero-order valence-electron chi connectivity index (χ0n) is 14.6. The number of guanidine groups is 1. The number of rotatable bonds is 6. The summed E-state index contributed by atoms with van der Waals surface area (Å²) in [5.74, 6) is 0.946. The second-order valence-electron chi connectivity index (χ2n) is 6.71. The molecule has 2 aliphatic rings. The summed E-state index contributed by atoms with van der Waals surface area (Å²) in [4.78, 5) is 9.48. The number of hydrogen-bond donors (Lipinski definition) is 2. The molecule has 0 spiro atoms. The molecule has 0 bridgehead atoms. The molecular formula is C17H35N5. The molecule has 0 radical (unpaired) electrons. The lowest BCUT2D eigenvalue weighted by Crippen LogP contribution is -2.46. The number of likely N-dealkylation sites (tertiary alicyclic amines) is 2. The van der Waals surface area contributed by atoms with Gasteiger partial charge in [0, 0.05) is 39.3 Å². The van der Waals surface area contributed by atoms with Crippen molar-refractivity contribution in [2.24, 2.45) is 4.99 Å². The number of nitrogens with one attached hydrogen (secondary N) is 2. The SMILES string of the molecule is CN=C(NCCN1CCCCC1)NCCN1CCCCC1C. The van der Waals surface area contributed by atoms with Gasteiger partial charge in [-0.3, -0.25) is 9.89 Å². The number of hydrogen-bond acceptors (Lipinski definition) is 3. The minimum Gasteiger partial charge on any atom is -0.355 e. The quantitative estimate of drug-likeness (QED) is 0.577. The van der Waals surface area contributed by atoms with Crippen LogP contribution in [-0.2, 0) is 0 Å². The minimum atomic E-state index is 0.740. The summed E-state index contributed by atoms with van der Waals surface area (Å²) in [5, 5.41) is 6.90. The monoisotopic (exact) mass is 309 g/mol. The molecule has 2 heterocycles. The van der Waals surface area contributed by atoms with Crippen LogP contribution in [0.2, 0.25) is 0 Å². The minimum absolute atomic E-state index is 0.740. The zero-order chi connectivity index (χ0) is 15.6. The molecule has 22 heavy (non-hydrogen) atoms. The molecule has 1 unspecified atom stereocenters. The maximum absolute atomic E-state index is 4.33. The van der Waals surface area contributed by atoms with Crippen molar-refractivity contribution in [1.29, 1.82) is 0 Å². The van der Waals surface area contributed by atoms with Crippen molar-refractivity contribution in [2.45, 2.75) is 51.5 Å². The fraction of sp³-hybridized carbons (Fsp3) is 0.941. The molecule has 0 aromatic rings. The molecule has 5 nitrogen and oxygen atoms in total. The van der Waals surface area contributed by atoms with E-state index < -0.39 is 0 Å². The highest BCUT2D eigenvalue weighted by molar-refractivity contribution is 5.79. The van der Waals surface area contributed by atoms with Gasteiger partial charge in [-0.1, -0.05) is 12.8 Å². The highest BCUT2D eigenvalue weighted by Crippen LogP contribution is 2.15. The Balaban J connectivity index is 1.56. The van der Waals surface area contributed by atoms with E-state index in [1.807, 2.05) is 7.05 Å². The van der Waals surface area contributed by atoms with Crippen LogP contribution in [0.15, 0.2) is 4.99 Å². The van der Waals surface area contributed by atoms with E-state index in [0.717, 1.165) is 38.2 Å². The lowest BCUT2D eigenvalue weighted by atomic mass is 10.0. The second-order valence-corrected chi connectivity index (χ2v) is 6.71. The van der Waals surface area contributed by atoms with Gasteiger partial charge in [-0.2, -0.15) is 0 Å². The fourth-order valence-electron chi connectivity index (χ4n) is 3.54. The largest absolute Gasteiger partial charge is 0.355 e. The lowest BCUT2D eigenvalue weighted by Gasteiger charge is -2.33. The topological polar surface area (TPSA) is 42.9 Å². The van der Waals surface area contributed by atoms with Crippen LogP contribution in [0, 0.1) is 0 Å². The molecule has 2 saturated heterocycles. The van der Waals surface area contributed by atoms with E-state index in [1.54, 1.807) is 0 Å². The molecule has 0 amide bonds. The van der Waals surface area contributed by atoms with E-state index in [0.29, 0.717) is 0 Å². The van der Waals surface area contributed by atoms with Crippen molar-refractivity contribution in [1.82, 2.24) is 20.4 Å². The summed E-state index contributed by atoms with van der Waals surface area (Å²) < 4.78 is 0. The Morgan fingerprint density at radius 1 is 0.955 bits per heavy atom. The van der Waals surface area contributed by atoms with Crippen LogP contribution in [0.4, 0.5) is 0 Å². The average molecular weight is 310 g/mol. The van der Waals surface area contributed by atoms with Gasteiger partial charge >= 0.3 is 0 Å². The first-order valence-corrected chi connectivity index (χ1v) is 9.20. The van der Waals surface area contributed by atoms with E-state index in [9.17, 15) is 0 Å². The van der Waals surface area contributed by atoms with Crippen molar-refractivity contribution >= 4 is 5.96 Å². The van der Waals surface area contributed by atoms with Crippen LogP contribution >= 0.6 is 0 Å². The zero-order valence-corrected chi connectivity index (χ0v) is 14.6. The normalized spacial score (nSPS) is 25.2. The fourth-order valence-corrected chi connectivity index (χ4v) is 3.54. The van der Waals surface area contributed by atoms with Crippen LogP contribution in [0.25, 0.3) is 0 Å². The smallest absolute Gasteiger partial charge is 0.191 e. The first kappa shape index (κ1) is 17.5. The van der Waals surface area contributed by atoms with Crippen LogP contribution in [0.5, 0.6) is 0 Å². The van der Waals surface area contributed by atoms with Gasteiger partial charge in [-0.15, -0.1) is 0 Å². The van der Waals surface area contributed by atoms with Gasteiger partial charge in [0.15, 0.2) is 5.96 Å². The predicted molar refractivity (Wildman–Crippen MR) is 94.5 cm³/mol. The third-order valence-electron chi connectivity index (χ3n) is 5.02. The Morgan fingerprint density at radius 3 is 2.32 bits per heavy atom. The van der Waals surface area contributed by atoms with E-state index in [2.05, 4.69) is 32.3 Å². The summed E-state index contributed by atoms with van der Waals surface area (Å²) >= 11 is 0. The van der Waals surface area contributed by atoms with Gasteiger partial charge < -0.3 is 15.5 Å². The summed E-state index contributed by atoms with van der Waals surface area (Å²) in [6.45, 7) is 10.3. The maximum Gasteiger partial charge on any atom is 0.191 e. The molecule has 0 saturated carbocycles. The van der Waals surface area contributed by atoms with Gasteiger partial charge in [0.1, 0.15) is 0 Å². The van der Waals surface area contributed by atoms with Gasteiger partial charge in [0.25, 0.3) is 0 Å². The van der Waals surface area contributed by atoms with E-state index >= 15 is 0 Å². The molecule has 2 aliphatic heterocycles. The van der Waals surface area contributed by atoms with Crippen LogP contribution in [0.1, 0.15) is 45.4 Å². The van der Waals surface area contributed by atoms with Crippen LogP contribution < -0.4 is 10.6 Å². The Kier molecular flexibility index (Phi) is 8.02. The van der Waals surface area contributed by atoms with Crippen molar-refractivity contribution in [3.63, 3.8) is 0 Å². The van der Waals surface area contributed by atoms with Crippen molar-refractivity contribution in [3.05, 3.63) is 0 Å². The third-order valence-corrected chi connectivity index (χ3v) is 5.02. The average Bonchev–Trinajstić information content (AvgIpc) is 2.56. The first-order chi connectivity index (χ1) is 10.8. The number of nitrogens with zero attached hydrogens (tertiary/aromatic N) is 3. The van der Waals surface area contributed by atoms with Gasteiger partial charge in [-0.25, -0.2) is 0 Å². The van der Waals surface area contributed by atoms with Gasteiger partial charge in [-0.05, 0) is 52.2 Å². The highest BCUT2D eigenvalue weighted by Gasteiger charge is 2.17. The van der Waals surface area contributed by atoms with E-state index in [4.69, 9.17) is 0 Å². The van der Waals surface area contributed by atoms with Crippen LogP contribution in [0.3, 0.4) is 0 Å². The predicted octanol–water partition coefficient (Wildman–Crippen LogP) is 1.51. The molecule has 2 fully saturated rings. The Labute approximate surface area is 136 Å². The van der Waals surface area contributed by atoms with Crippen molar-refractivity contribution in [3.8, 4) is 0 Å². The summed E-state index contributed by atoms with van der Waals surface area (Å²) in [7, 11) is 1.86. The summed E-state index contributed by atoms with van der Waals surface area (Å²) in [6.07, 6.45) is 8.23. The molecule has 0 aromatic carbocycles. The number of piperidine rings is 2. The Hall–Kier alpha value is -0.810. The molecule has 0 aliphatic carbocycles. The van der Waals surface area contributed by atoms with Crippen molar-refractivity contribution < 1.29 is 0 Å². The highest BCUT2D eigenvalue weighted by atomic mass is 15.2. The van der Waals surface area contributed by atoms with E-state index in [1.165, 1.54) is 58.2 Å².